The highest BCUT2D eigenvalue weighted by atomic mass is 32.2. The Hall–Kier alpha value is -1.00. The van der Waals surface area contributed by atoms with Crippen LogP contribution >= 0.6 is 0 Å². The molecule has 130 valence electrons. The molecule has 3 unspecified atom stereocenters. The summed E-state index contributed by atoms with van der Waals surface area (Å²) in [5, 5.41) is -0.561. The summed E-state index contributed by atoms with van der Waals surface area (Å²) in [5.41, 5.74) is 0.690. The van der Waals surface area contributed by atoms with Crippen LogP contribution in [-0.2, 0) is 24.8 Å². The monoisotopic (exact) mass is 362 g/mol. The van der Waals surface area contributed by atoms with Gasteiger partial charge in [0.05, 0.1) is 11.0 Å². The summed E-state index contributed by atoms with van der Waals surface area (Å²) in [6.07, 6.45) is 0.144. The van der Waals surface area contributed by atoms with E-state index in [4.69, 9.17) is 4.74 Å². The molecule has 1 aliphatic heterocycles. The van der Waals surface area contributed by atoms with Gasteiger partial charge in [-0.1, -0.05) is 12.1 Å². The van der Waals surface area contributed by atoms with E-state index in [2.05, 4.69) is 9.44 Å². The number of sulfonamides is 2. The van der Waals surface area contributed by atoms with Crippen LogP contribution in [0, 0.1) is 0 Å². The molecule has 1 aromatic rings. The number of nitrogens with one attached hydrogen (secondary N) is 2. The van der Waals surface area contributed by atoms with Gasteiger partial charge in [0, 0.05) is 12.6 Å². The maximum Gasteiger partial charge on any atom is 0.240 e. The van der Waals surface area contributed by atoms with Crippen molar-refractivity contribution in [1.29, 1.82) is 0 Å². The van der Waals surface area contributed by atoms with Gasteiger partial charge in [-0.25, -0.2) is 26.3 Å². The molecule has 0 spiro atoms. The van der Waals surface area contributed by atoms with Gasteiger partial charge in [0.25, 0.3) is 0 Å². The van der Waals surface area contributed by atoms with E-state index in [0.29, 0.717) is 18.6 Å². The van der Waals surface area contributed by atoms with E-state index in [9.17, 15) is 16.8 Å². The fourth-order valence-electron chi connectivity index (χ4n) is 2.57. The minimum absolute atomic E-state index is 0.136. The molecule has 1 fully saturated rings. The van der Waals surface area contributed by atoms with Gasteiger partial charge in [-0.3, -0.25) is 0 Å². The summed E-state index contributed by atoms with van der Waals surface area (Å²) in [7, 11) is -5.67. The van der Waals surface area contributed by atoms with Crippen LogP contribution in [0.4, 0.5) is 0 Å². The molecule has 23 heavy (non-hydrogen) atoms. The first kappa shape index (κ1) is 18.3. The first-order valence-corrected chi connectivity index (χ1v) is 10.4. The number of rotatable bonds is 6. The average Bonchev–Trinajstić information content (AvgIpc) is 2.94. The normalized spacial score (nSPS) is 23.8. The van der Waals surface area contributed by atoms with E-state index in [1.165, 1.54) is 19.2 Å². The van der Waals surface area contributed by atoms with Crippen LogP contribution in [-0.4, -0.2) is 41.8 Å². The first-order chi connectivity index (χ1) is 10.7. The Kier molecular flexibility index (Phi) is 5.47. The van der Waals surface area contributed by atoms with Crippen LogP contribution in [0.2, 0.25) is 0 Å². The van der Waals surface area contributed by atoms with Crippen LogP contribution in [0.15, 0.2) is 29.2 Å². The SMILES string of the molecule is CNS(=O)(=O)c1ccc(C(C)NS(=O)(=O)C2CCOC2C)cc1. The first-order valence-electron chi connectivity index (χ1n) is 7.33. The highest BCUT2D eigenvalue weighted by Gasteiger charge is 2.36. The van der Waals surface area contributed by atoms with Gasteiger partial charge < -0.3 is 4.74 Å². The topological polar surface area (TPSA) is 102 Å². The van der Waals surface area contributed by atoms with Crippen molar-refractivity contribution in [3.63, 3.8) is 0 Å². The van der Waals surface area contributed by atoms with Crippen LogP contribution in [0.3, 0.4) is 0 Å². The van der Waals surface area contributed by atoms with Crippen LogP contribution < -0.4 is 9.44 Å². The Bertz CT molecular complexity index is 744. The minimum atomic E-state index is -3.51. The molecule has 0 radical (unpaired) electrons. The summed E-state index contributed by atoms with van der Waals surface area (Å²) in [6, 6.07) is 5.65. The minimum Gasteiger partial charge on any atom is -0.377 e. The summed E-state index contributed by atoms with van der Waals surface area (Å²) >= 11 is 0. The molecule has 9 heteroatoms. The molecule has 2 N–H and O–H groups in total. The Morgan fingerprint density at radius 3 is 2.26 bits per heavy atom. The van der Waals surface area contributed by atoms with Crippen LogP contribution in [0.5, 0.6) is 0 Å². The molecule has 0 bridgehead atoms. The van der Waals surface area contributed by atoms with E-state index in [1.54, 1.807) is 26.0 Å². The number of hydrogen-bond donors (Lipinski definition) is 2. The predicted octanol–water partition coefficient (Wildman–Crippen LogP) is 0.753. The van der Waals surface area contributed by atoms with Gasteiger partial charge in [0.1, 0.15) is 5.25 Å². The van der Waals surface area contributed by atoms with E-state index in [1.807, 2.05) is 0 Å². The molecule has 3 atom stereocenters. The molecule has 1 saturated heterocycles. The Morgan fingerprint density at radius 1 is 1.17 bits per heavy atom. The third-order valence-corrected chi connectivity index (χ3v) is 7.53. The molecule has 0 aromatic heterocycles. The molecular formula is C14H22N2O5S2. The Labute approximate surface area is 137 Å². The summed E-state index contributed by atoms with van der Waals surface area (Å²) in [5.74, 6) is 0. The summed E-state index contributed by atoms with van der Waals surface area (Å²) in [6.45, 7) is 3.91. The third kappa shape index (κ3) is 4.10. The number of ether oxygens (including phenoxy) is 1. The van der Waals surface area contributed by atoms with E-state index >= 15 is 0 Å². The van der Waals surface area contributed by atoms with Crippen LogP contribution in [0.1, 0.15) is 31.9 Å². The zero-order chi connectivity index (χ0) is 17.3. The predicted molar refractivity (Wildman–Crippen MR) is 87.0 cm³/mol. The largest absolute Gasteiger partial charge is 0.377 e. The summed E-state index contributed by atoms with van der Waals surface area (Å²) < 4.78 is 58.4. The lowest BCUT2D eigenvalue weighted by Crippen LogP contribution is -2.39. The molecule has 0 saturated carbocycles. The smallest absolute Gasteiger partial charge is 0.240 e. The molecule has 0 amide bonds. The van der Waals surface area contributed by atoms with Gasteiger partial charge >= 0.3 is 0 Å². The Morgan fingerprint density at radius 2 is 1.78 bits per heavy atom. The lowest BCUT2D eigenvalue weighted by Gasteiger charge is -2.20. The van der Waals surface area contributed by atoms with E-state index < -0.39 is 31.3 Å². The number of hydrogen-bond acceptors (Lipinski definition) is 5. The molecule has 1 aliphatic rings. The quantitative estimate of drug-likeness (QED) is 0.778. The zero-order valence-electron chi connectivity index (χ0n) is 13.3. The van der Waals surface area contributed by atoms with Crippen molar-refractivity contribution < 1.29 is 21.6 Å². The van der Waals surface area contributed by atoms with Crippen molar-refractivity contribution in [2.75, 3.05) is 13.7 Å². The number of benzene rings is 1. The van der Waals surface area contributed by atoms with Crippen molar-refractivity contribution in [3.05, 3.63) is 29.8 Å². The molecule has 1 aromatic carbocycles. The second-order valence-corrected chi connectivity index (χ2v) is 9.38. The van der Waals surface area contributed by atoms with Gasteiger partial charge in [0.15, 0.2) is 0 Å². The highest BCUT2D eigenvalue weighted by molar-refractivity contribution is 7.90. The van der Waals surface area contributed by atoms with Crippen LogP contribution in [0.25, 0.3) is 0 Å². The van der Waals surface area contributed by atoms with Crippen molar-refractivity contribution in [2.45, 2.75) is 42.6 Å². The van der Waals surface area contributed by atoms with Crippen molar-refractivity contribution in [1.82, 2.24) is 9.44 Å². The average molecular weight is 362 g/mol. The van der Waals surface area contributed by atoms with Crippen molar-refractivity contribution in [2.24, 2.45) is 0 Å². The third-order valence-electron chi connectivity index (χ3n) is 4.01. The molecule has 7 nitrogen and oxygen atoms in total. The maximum atomic E-state index is 12.4. The summed E-state index contributed by atoms with van der Waals surface area (Å²) in [4.78, 5) is 0.136. The maximum absolute atomic E-state index is 12.4. The van der Waals surface area contributed by atoms with Gasteiger partial charge in [-0.15, -0.1) is 0 Å². The fourth-order valence-corrected chi connectivity index (χ4v) is 5.10. The lowest BCUT2D eigenvalue weighted by atomic mass is 10.1. The van der Waals surface area contributed by atoms with Gasteiger partial charge in [-0.05, 0) is 45.0 Å². The van der Waals surface area contributed by atoms with Crippen molar-refractivity contribution >= 4 is 20.0 Å². The van der Waals surface area contributed by atoms with E-state index in [0.717, 1.165) is 0 Å². The van der Waals surface area contributed by atoms with E-state index in [-0.39, 0.29) is 11.0 Å². The molecule has 2 rings (SSSR count). The molecular weight excluding hydrogens is 340 g/mol. The van der Waals surface area contributed by atoms with Crippen molar-refractivity contribution in [3.8, 4) is 0 Å². The second-order valence-electron chi connectivity index (χ2n) is 5.56. The van der Waals surface area contributed by atoms with Gasteiger partial charge in [-0.2, -0.15) is 0 Å². The molecule has 1 heterocycles. The second kappa shape index (κ2) is 6.86. The zero-order valence-corrected chi connectivity index (χ0v) is 14.9. The molecule has 0 aliphatic carbocycles. The van der Waals surface area contributed by atoms with Gasteiger partial charge in [0.2, 0.25) is 20.0 Å². The fraction of sp³-hybridized carbons (Fsp3) is 0.571. The Balaban J connectivity index is 2.13. The lowest BCUT2D eigenvalue weighted by molar-refractivity contribution is 0.126. The standard InChI is InChI=1S/C14H22N2O5S2/c1-10(16-23(19,20)14-8-9-21-11(14)2)12-4-6-13(7-5-12)22(17,18)15-3/h4-7,10-11,14-16H,8-9H2,1-3H3. The highest BCUT2D eigenvalue weighted by Crippen LogP contribution is 2.23.